The molecule has 2 atom stereocenters. The van der Waals surface area contributed by atoms with E-state index in [1.54, 1.807) is 14.2 Å². The van der Waals surface area contributed by atoms with E-state index in [4.69, 9.17) is 9.47 Å². The molecular weight excluding hydrogens is 280 g/mol. The van der Waals surface area contributed by atoms with E-state index >= 15 is 0 Å². The topological polar surface area (TPSA) is 59.6 Å². The van der Waals surface area contributed by atoms with Crippen LogP contribution in [0.4, 0.5) is 0 Å². The molecule has 22 heavy (non-hydrogen) atoms. The molecule has 0 saturated carbocycles. The quantitative estimate of drug-likeness (QED) is 0.840. The van der Waals surface area contributed by atoms with Crippen molar-refractivity contribution in [2.24, 2.45) is 5.92 Å². The third-order valence-corrected chi connectivity index (χ3v) is 4.26. The molecular formula is C17H26N2O3. The molecule has 1 aliphatic rings. The van der Waals surface area contributed by atoms with Crippen LogP contribution in [0.5, 0.6) is 11.5 Å². The SMILES string of the molecule is COc1ccc(CCC(=O)NC2CNCCC2C)cc1OC. The van der Waals surface area contributed by atoms with E-state index in [-0.39, 0.29) is 11.9 Å². The summed E-state index contributed by atoms with van der Waals surface area (Å²) in [5.41, 5.74) is 1.07. The molecule has 1 heterocycles. The lowest BCUT2D eigenvalue weighted by Gasteiger charge is -2.30. The minimum Gasteiger partial charge on any atom is -0.493 e. The molecule has 2 rings (SSSR count). The molecule has 1 saturated heterocycles. The van der Waals surface area contributed by atoms with Crippen molar-refractivity contribution in [3.05, 3.63) is 23.8 Å². The van der Waals surface area contributed by atoms with Crippen molar-refractivity contribution in [2.45, 2.75) is 32.2 Å². The van der Waals surface area contributed by atoms with E-state index in [0.29, 0.717) is 30.3 Å². The summed E-state index contributed by atoms with van der Waals surface area (Å²) < 4.78 is 10.5. The number of aryl methyl sites for hydroxylation is 1. The summed E-state index contributed by atoms with van der Waals surface area (Å²) >= 11 is 0. The molecule has 0 spiro atoms. The van der Waals surface area contributed by atoms with E-state index in [2.05, 4.69) is 17.6 Å². The molecule has 1 amide bonds. The highest BCUT2D eigenvalue weighted by molar-refractivity contribution is 5.76. The van der Waals surface area contributed by atoms with E-state index < -0.39 is 0 Å². The van der Waals surface area contributed by atoms with E-state index in [1.807, 2.05) is 18.2 Å². The van der Waals surface area contributed by atoms with Gasteiger partial charge in [-0.15, -0.1) is 0 Å². The Bertz CT molecular complexity index is 505. The van der Waals surface area contributed by atoms with Gasteiger partial charge in [-0.2, -0.15) is 0 Å². The lowest BCUT2D eigenvalue weighted by molar-refractivity contribution is -0.122. The summed E-state index contributed by atoms with van der Waals surface area (Å²) in [6.07, 6.45) is 2.29. The van der Waals surface area contributed by atoms with Gasteiger partial charge in [0.25, 0.3) is 0 Å². The molecule has 0 radical (unpaired) electrons. The van der Waals surface area contributed by atoms with Crippen LogP contribution in [0.15, 0.2) is 18.2 Å². The van der Waals surface area contributed by atoms with Crippen LogP contribution in [0.25, 0.3) is 0 Å². The number of hydrogen-bond donors (Lipinski definition) is 2. The third kappa shape index (κ3) is 4.37. The minimum atomic E-state index is 0.107. The summed E-state index contributed by atoms with van der Waals surface area (Å²) in [6.45, 7) is 4.10. The standard InChI is InChI=1S/C17H26N2O3/c1-12-8-9-18-11-14(12)19-17(20)7-5-13-4-6-15(21-2)16(10-13)22-3/h4,6,10,12,14,18H,5,7-9,11H2,1-3H3,(H,19,20). The van der Waals surface area contributed by atoms with Crippen molar-refractivity contribution in [1.29, 1.82) is 0 Å². The van der Waals surface area contributed by atoms with Gasteiger partial charge in [-0.05, 0) is 43.0 Å². The highest BCUT2D eigenvalue weighted by Crippen LogP contribution is 2.27. The van der Waals surface area contributed by atoms with E-state index in [9.17, 15) is 4.79 Å². The van der Waals surface area contributed by atoms with Crippen molar-refractivity contribution < 1.29 is 14.3 Å². The van der Waals surface area contributed by atoms with Gasteiger partial charge < -0.3 is 20.1 Å². The van der Waals surface area contributed by atoms with Crippen LogP contribution in [-0.2, 0) is 11.2 Å². The molecule has 0 bridgehead atoms. The second-order valence-electron chi connectivity index (χ2n) is 5.83. The Balaban J connectivity index is 1.85. The number of nitrogens with one attached hydrogen (secondary N) is 2. The first-order chi connectivity index (χ1) is 10.6. The lowest BCUT2D eigenvalue weighted by atomic mass is 9.94. The van der Waals surface area contributed by atoms with Gasteiger partial charge in [0.15, 0.2) is 11.5 Å². The molecule has 0 aliphatic carbocycles. The molecule has 1 aromatic carbocycles. The normalized spacial score (nSPS) is 21.2. The average molecular weight is 306 g/mol. The molecule has 122 valence electrons. The fraction of sp³-hybridized carbons (Fsp3) is 0.588. The van der Waals surface area contributed by atoms with Gasteiger partial charge in [-0.3, -0.25) is 4.79 Å². The zero-order chi connectivity index (χ0) is 15.9. The van der Waals surface area contributed by atoms with Crippen LogP contribution in [0.2, 0.25) is 0 Å². The fourth-order valence-electron chi connectivity index (χ4n) is 2.76. The summed E-state index contributed by atoms with van der Waals surface area (Å²) in [5.74, 6) is 2.05. The Morgan fingerprint density at radius 1 is 1.32 bits per heavy atom. The van der Waals surface area contributed by atoms with Crippen LogP contribution < -0.4 is 20.1 Å². The number of hydrogen-bond acceptors (Lipinski definition) is 4. The predicted octanol–water partition coefficient (Wildman–Crippen LogP) is 1.75. The minimum absolute atomic E-state index is 0.107. The van der Waals surface area contributed by atoms with Crippen molar-refractivity contribution in [1.82, 2.24) is 10.6 Å². The van der Waals surface area contributed by atoms with Crippen molar-refractivity contribution >= 4 is 5.91 Å². The van der Waals surface area contributed by atoms with Gasteiger partial charge >= 0.3 is 0 Å². The van der Waals surface area contributed by atoms with Crippen LogP contribution in [0.3, 0.4) is 0 Å². The van der Waals surface area contributed by atoms with E-state index in [0.717, 1.165) is 25.1 Å². The Kier molecular flexibility index (Phi) is 6.07. The Labute approximate surface area is 132 Å². The first-order valence-electron chi connectivity index (χ1n) is 7.85. The Hall–Kier alpha value is -1.75. The largest absolute Gasteiger partial charge is 0.493 e. The van der Waals surface area contributed by atoms with Crippen LogP contribution >= 0.6 is 0 Å². The molecule has 5 heteroatoms. The number of methoxy groups -OCH3 is 2. The monoisotopic (exact) mass is 306 g/mol. The molecule has 0 aromatic heterocycles. The number of benzene rings is 1. The van der Waals surface area contributed by atoms with Gasteiger partial charge in [0, 0.05) is 19.0 Å². The maximum atomic E-state index is 12.1. The number of carbonyl (C=O) groups excluding carboxylic acids is 1. The molecule has 1 aliphatic heterocycles. The number of rotatable bonds is 6. The van der Waals surface area contributed by atoms with Crippen molar-refractivity contribution in [2.75, 3.05) is 27.3 Å². The van der Waals surface area contributed by atoms with Crippen molar-refractivity contribution in [3.63, 3.8) is 0 Å². The van der Waals surface area contributed by atoms with Crippen LogP contribution in [-0.4, -0.2) is 39.3 Å². The van der Waals surface area contributed by atoms with Gasteiger partial charge in [0.05, 0.1) is 14.2 Å². The Morgan fingerprint density at radius 2 is 2.09 bits per heavy atom. The average Bonchev–Trinajstić information content (AvgIpc) is 2.54. The van der Waals surface area contributed by atoms with Gasteiger partial charge in [-0.1, -0.05) is 13.0 Å². The summed E-state index contributed by atoms with van der Waals surface area (Å²) in [7, 11) is 3.23. The number of ether oxygens (including phenoxy) is 2. The zero-order valence-electron chi connectivity index (χ0n) is 13.6. The lowest BCUT2D eigenvalue weighted by Crippen LogP contribution is -2.50. The predicted molar refractivity (Wildman–Crippen MR) is 86.4 cm³/mol. The maximum absolute atomic E-state index is 12.1. The number of amides is 1. The summed E-state index contributed by atoms with van der Waals surface area (Å²) in [6, 6.07) is 6.02. The number of carbonyl (C=O) groups is 1. The zero-order valence-corrected chi connectivity index (χ0v) is 13.6. The third-order valence-electron chi connectivity index (χ3n) is 4.26. The van der Waals surface area contributed by atoms with Crippen molar-refractivity contribution in [3.8, 4) is 11.5 Å². The summed E-state index contributed by atoms with van der Waals surface area (Å²) in [4.78, 5) is 12.1. The second-order valence-corrected chi connectivity index (χ2v) is 5.83. The van der Waals surface area contributed by atoms with Gasteiger partial charge in [-0.25, -0.2) is 0 Å². The Morgan fingerprint density at radius 3 is 2.77 bits per heavy atom. The van der Waals surface area contributed by atoms with Gasteiger partial charge in [0.2, 0.25) is 5.91 Å². The maximum Gasteiger partial charge on any atom is 0.220 e. The number of piperidine rings is 1. The van der Waals surface area contributed by atoms with Crippen LogP contribution in [0.1, 0.15) is 25.3 Å². The van der Waals surface area contributed by atoms with Gasteiger partial charge in [0.1, 0.15) is 0 Å². The summed E-state index contributed by atoms with van der Waals surface area (Å²) in [5, 5.41) is 6.46. The first kappa shape index (κ1) is 16.6. The van der Waals surface area contributed by atoms with Crippen LogP contribution in [0, 0.1) is 5.92 Å². The molecule has 5 nitrogen and oxygen atoms in total. The molecule has 2 unspecified atom stereocenters. The second kappa shape index (κ2) is 8.03. The highest BCUT2D eigenvalue weighted by atomic mass is 16.5. The fourth-order valence-corrected chi connectivity index (χ4v) is 2.76. The molecule has 1 fully saturated rings. The molecule has 2 N–H and O–H groups in total. The molecule has 1 aromatic rings. The smallest absolute Gasteiger partial charge is 0.220 e. The van der Waals surface area contributed by atoms with E-state index in [1.165, 1.54) is 0 Å². The highest BCUT2D eigenvalue weighted by Gasteiger charge is 2.22. The first-order valence-corrected chi connectivity index (χ1v) is 7.85.